The van der Waals surface area contributed by atoms with Crippen molar-refractivity contribution >= 4 is 11.6 Å². The molecule has 100 valence electrons. The summed E-state index contributed by atoms with van der Waals surface area (Å²) in [5, 5.41) is 11.0. The fourth-order valence-electron chi connectivity index (χ4n) is 2.01. The van der Waals surface area contributed by atoms with Crippen LogP contribution in [0.1, 0.15) is 17.7 Å². The molecule has 2 rings (SSSR count). The zero-order chi connectivity index (χ0) is 13.7. The van der Waals surface area contributed by atoms with Crippen LogP contribution in [0.4, 0.5) is 0 Å². The van der Waals surface area contributed by atoms with E-state index in [2.05, 4.69) is 9.97 Å². The van der Waals surface area contributed by atoms with E-state index in [0.717, 1.165) is 5.56 Å². The summed E-state index contributed by atoms with van der Waals surface area (Å²) in [5.41, 5.74) is -0.207. The summed E-state index contributed by atoms with van der Waals surface area (Å²) in [5.74, 6) is 0.601. The molecule has 0 saturated carbocycles. The van der Waals surface area contributed by atoms with Gasteiger partial charge in [0.15, 0.2) is 0 Å². The normalized spacial score (nSPS) is 13.8. The third-order valence-corrected chi connectivity index (χ3v) is 3.15. The van der Waals surface area contributed by atoms with E-state index in [1.54, 1.807) is 0 Å². The van der Waals surface area contributed by atoms with Gasteiger partial charge in [0.05, 0.1) is 7.11 Å². The molecule has 0 saturated heterocycles. The molecule has 1 atom stereocenters. The minimum absolute atomic E-state index is 0.297. The molecule has 0 aliphatic carbocycles. The molecule has 0 spiro atoms. The fraction of sp³-hybridized carbons (Fsp3) is 0.286. The third kappa shape index (κ3) is 2.69. The van der Waals surface area contributed by atoms with Gasteiger partial charge in [-0.1, -0.05) is 30.3 Å². The number of rotatable bonds is 5. The average Bonchev–Trinajstić information content (AvgIpc) is 2.48. The number of alkyl halides is 1. The van der Waals surface area contributed by atoms with Gasteiger partial charge in [-0.25, -0.2) is 4.98 Å². The molecule has 2 aromatic rings. The summed E-state index contributed by atoms with van der Waals surface area (Å²) < 4.78 is 5.18. The zero-order valence-electron chi connectivity index (χ0n) is 10.6. The maximum atomic E-state index is 11.0. The molecule has 1 aromatic carbocycles. The van der Waals surface area contributed by atoms with Gasteiger partial charge in [-0.2, -0.15) is 0 Å². The predicted octanol–water partition coefficient (Wildman–Crippen LogP) is 2.35. The number of halogens is 1. The Morgan fingerprint density at radius 1 is 1.21 bits per heavy atom. The number of benzene rings is 1. The van der Waals surface area contributed by atoms with Crippen LogP contribution in [0.2, 0.25) is 0 Å². The summed E-state index contributed by atoms with van der Waals surface area (Å²) in [6, 6.07) is 9.27. The Bertz CT molecular complexity index is 536. The monoisotopic (exact) mass is 278 g/mol. The molecule has 0 bridgehead atoms. The van der Waals surface area contributed by atoms with Gasteiger partial charge < -0.3 is 9.84 Å². The molecule has 1 N–H and O–H groups in total. The number of nitrogens with zero attached hydrogens (tertiary/aromatic N) is 2. The van der Waals surface area contributed by atoms with E-state index in [-0.39, 0.29) is 0 Å². The molecule has 1 heterocycles. The van der Waals surface area contributed by atoms with Crippen molar-refractivity contribution in [1.29, 1.82) is 0 Å². The topological polar surface area (TPSA) is 55.2 Å². The number of aromatic nitrogens is 2. The minimum atomic E-state index is -1.30. The maximum Gasteiger partial charge on any atom is 0.238 e. The van der Waals surface area contributed by atoms with E-state index < -0.39 is 5.60 Å². The summed E-state index contributed by atoms with van der Waals surface area (Å²) >= 11 is 5.83. The van der Waals surface area contributed by atoms with E-state index in [1.807, 2.05) is 30.3 Å². The van der Waals surface area contributed by atoms with Crippen molar-refractivity contribution in [3.8, 4) is 5.88 Å². The highest BCUT2D eigenvalue weighted by Gasteiger charge is 2.35. The first-order valence-corrected chi connectivity index (χ1v) is 6.45. The summed E-state index contributed by atoms with van der Waals surface area (Å²) in [4.78, 5) is 8.30. The standard InChI is InChI=1S/C14H15ClN2O2/c1-19-13-12(16-9-10-17-13)14(18,7-8-15)11-5-3-2-4-6-11/h2-6,9-10,18H,7-8H2,1H3. The van der Waals surface area contributed by atoms with Crippen molar-refractivity contribution in [2.45, 2.75) is 12.0 Å². The van der Waals surface area contributed by atoms with Crippen molar-refractivity contribution in [2.75, 3.05) is 13.0 Å². The predicted molar refractivity (Wildman–Crippen MR) is 73.4 cm³/mol. The van der Waals surface area contributed by atoms with Gasteiger partial charge in [0, 0.05) is 18.3 Å². The molecule has 1 aromatic heterocycles. The van der Waals surface area contributed by atoms with E-state index >= 15 is 0 Å². The Hall–Kier alpha value is -1.65. The highest BCUT2D eigenvalue weighted by atomic mass is 35.5. The van der Waals surface area contributed by atoms with Gasteiger partial charge in [-0.3, -0.25) is 4.98 Å². The minimum Gasteiger partial charge on any atom is -0.480 e. The van der Waals surface area contributed by atoms with Crippen LogP contribution in [-0.4, -0.2) is 28.1 Å². The van der Waals surface area contributed by atoms with Crippen molar-refractivity contribution < 1.29 is 9.84 Å². The molecule has 1 unspecified atom stereocenters. The largest absolute Gasteiger partial charge is 0.480 e. The van der Waals surface area contributed by atoms with Crippen LogP contribution in [0, 0.1) is 0 Å². The first-order valence-electron chi connectivity index (χ1n) is 5.91. The Balaban J connectivity index is 2.56. The molecule has 5 heteroatoms. The molecule has 0 amide bonds. The van der Waals surface area contributed by atoms with Gasteiger partial charge in [0.1, 0.15) is 11.3 Å². The van der Waals surface area contributed by atoms with Crippen LogP contribution in [0.25, 0.3) is 0 Å². The van der Waals surface area contributed by atoms with Crippen LogP contribution < -0.4 is 4.74 Å². The lowest BCUT2D eigenvalue weighted by Gasteiger charge is -2.28. The number of aliphatic hydroxyl groups is 1. The lowest BCUT2D eigenvalue weighted by Crippen LogP contribution is -2.30. The second kappa shape index (κ2) is 5.99. The van der Waals surface area contributed by atoms with Crippen LogP contribution in [0.15, 0.2) is 42.7 Å². The molecule has 19 heavy (non-hydrogen) atoms. The first-order chi connectivity index (χ1) is 9.22. The number of methoxy groups -OCH3 is 1. The molecule has 0 aliphatic rings. The highest BCUT2D eigenvalue weighted by Crippen LogP contribution is 2.35. The number of hydrogen-bond acceptors (Lipinski definition) is 4. The quantitative estimate of drug-likeness (QED) is 0.853. The van der Waals surface area contributed by atoms with Crippen molar-refractivity contribution in [3.63, 3.8) is 0 Å². The van der Waals surface area contributed by atoms with Crippen LogP contribution >= 0.6 is 11.6 Å². The Morgan fingerprint density at radius 3 is 2.53 bits per heavy atom. The third-order valence-electron chi connectivity index (χ3n) is 2.96. The Morgan fingerprint density at radius 2 is 1.89 bits per heavy atom. The Kier molecular flexibility index (Phi) is 4.35. The SMILES string of the molecule is COc1nccnc1C(O)(CCCl)c1ccccc1. The van der Waals surface area contributed by atoms with Gasteiger partial charge in [0.2, 0.25) is 5.88 Å². The highest BCUT2D eigenvalue weighted by molar-refractivity contribution is 6.17. The van der Waals surface area contributed by atoms with Crippen LogP contribution in [0.5, 0.6) is 5.88 Å². The number of hydrogen-bond donors (Lipinski definition) is 1. The van der Waals surface area contributed by atoms with Crippen molar-refractivity contribution in [3.05, 3.63) is 54.0 Å². The van der Waals surface area contributed by atoms with Gasteiger partial charge in [-0.05, 0) is 12.0 Å². The van der Waals surface area contributed by atoms with E-state index in [9.17, 15) is 5.11 Å². The average molecular weight is 279 g/mol. The van der Waals surface area contributed by atoms with Crippen molar-refractivity contribution in [1.82, 2.24) is 9.97 Å². The van der Waals surface area contributed by atoms with Crippen LogP contribution in [-0.2, 0) is 5.60 Å². The lowest BCUT2D eigenvalue weighted by atomic mass is 9.87. The second-order valence-corrected chi connectivity index (χ2v) is 4.46. The smallest absolute Gasteiger partial charge is 0.238 e. The van der Waals surface area contributed by atoms with Gasteiger partial charge in [0.25, 0.3) is 0 Å². The summed E-state index contributed by atoms with van der Waals surface area (Å²) in [7, 11) is 1.50. The van der Waals surface area contributed by atoms with Gasteiger partial charge >= 0.3 is 0 Å². The van der Waals surface area contributed by atoms with E-state index in [0.29, 0.717) is 23.9 Å². The maximum absolute atomic E-state index is 11.0. The molecule has 0 fully saturated rings. The molecule has 4 nitrogen and oxygen atoms in total. The van der Waals surface area contributed by atoms with Crippen molar-refractivity contribution in [2.24, 2.45) is 0 Å². The van der Waals surface area contributed by atoms with E-state index in [1.165, 1.54) is 19.5 Å². The second-order valence-electron chi connectivity index (χ2n) is 4.08. The molecule has 0 radical (unpaired) electrons. The zero-order valence-corrected chi connectivity index (χ0v) is 11.3. The van der Waals surface area contributed by atoms with E-state index in [4.69, 9.17) is 16.3 Å². The summed E-state index contributed by atoms with van der Waals surface area (Å²) in [6.07, 6.45) is 3.38. The summed E-state index contributed by atoms with van der Waals surface area (Å²) in [6.45, 7) is 0. The molecular weight excluding hydrogens is 264 g/mol. The molecular formula is C14H15ClN2O2. The number of ether oxygens (including phenoxy) is 1. The fourth-order valence-corrected chi connectivity index (χ4v) is 2.28. The van der Waals surface area contributed by atoms with Gasteiger partial charge in [-0.15, -0.1) is 11.6 Å². The first kappa shape index (κ1) is 13.8. The lowest BCUT2D eigenvalue weighted by molar-refractivity contribution is 0.0689. The molecule has 0 aliphatic heterocycles. The van der Waals surface area contributed by atoms with Crippen LogP contribution in [0.3, 0.4) is 0 Å². The Labute approximate surface area is 117 Å².